The monoisotopic (exact) mass is 308 g/mol. The summed E-state index contributed by atoms with van der Waals surface area (Å²) in [5, 5.41) is 11.0. The minimum absolute atomic E-state index is 0.541. The van der Waals surface area contributed by atoms with Crippen molar-refractivity contribution in [2.75, 3.05) is 46.1 Å². The molecule has 2 atom stereocenters. The zero-order valence-electron chi connectivity index (χ0n) is 13.7. The van der Waals surface area contributed by atoms with E-state index in [0.717, 1.165) is 64.0 Å². The fraction of sp³-hybridized carbons (Fsp3) is 0.812. The van der Waals surface area contributed by atoms with Crippen LogP contribution in [0.25, 0.3) is 0 Å². The smallest absolute Gasteiger partial charge is 0.0638 e. The van der Waals surface area contributed by atoms with Crippen LogP contribution in [0.1, 0.15) is 23.4 Å². The van der Waals surface area contributed by atoms with Crippen molar-refractivity contribution in [3.63, 3.8) is 0 Å². The second-order valence-corrected chi connectivity index (χ2v) is 6.38. The molecule has 2 aliphatic rings. The van der Waals surface area contributed by atoms with Gasteiger partial charge in [-0.1, -0.05) is 0 Å². The number of rotatable bonds is 6. The molecule has 2 N–H and O–H groups in total. The van der Waals surface area contributed by atoms with E-state index in [-0.39, 0.29) is 0 Å². The van der Waals surface area contributed by atoms with Crippen molar-refractivity contribution >= 4 is 0 Å². The molecular formula is C16H28N4O2. The summed E-state index contributed by atoms with van der Waals surface area (Å²) in [4.78, 5) is 2.57. The van der Waals surface area contributed by atoms with Gasteiger partial charge in [0.2, 0.25) is 0 Å². The first kappa shape index (κ1) is 15.9. The van der Waals surface area contributed by atoms with Gasteiger partial charge in [-0.3, -0.25) is 10.00 Å². The second-order valence-electron chi connectivity index (χ2n) is 6.38. The third-order valence-corrected chi connectivity index (χ3v) is 4.96. The van der Waals surface area contributed by atoms with Crippen LogP contribution in [0.5, 0.6) is 0 Å². The molecule has 0 aliphatic carbocycles. The van der Waals surface area contributed by atoms with Crippen LogP contribution in [0, 0.1) is 19.8 Å². The molecule has 0 spiro atoms. The number of aryl methyl sites for hydroxylation is 2. The lowest BCUT2D eigenvalue weighted by Gasteiger charge is -2.37. The molecule has 1 aromatic heterocycles. The number of hydrogen-bond donors (Lipinski definition) is 2. The Bertz CT molecular complexity index is 445. The van der Waals surface area contributed by atoms with Gasteiger partial charge in [-0.15, -0.1) is 0 Å². The molecule has 2 aliphatic heterocycles. The van der Waals surface area contributed by atoms with E-state index in [0.29, 0.717) is 12.0 Å². The highest BCUT2D eigenvalue weighted by Crippen LogP contribution is 2.22. The molecule has 2 fully saturated rings. The predicted octanol–water partition coefficient (Wildman–Crippen LogP) is 0.853. The zero-order valence-corrected chi connectivity index (χ0v) is 13.7. The van der Waals surface area contributed by atoms with E-state index < -0.39 is 0 Å². The zero-order chi connectivity index (χ0) is 15.4. The topological polar surface area (TPSA) is 62.4 Å². The standard InChI is InChI=1S/C16H28N4O2/c1-12-15(13(2)19-18-12)9-17-10-16(14-3-6-22-11-14)20-4-7-21-8-5-20/h14,16-17H,3-11H2,1-2H3,(H,18,19)/t14-,16-/m0/s1. The molecule has 2 saturated heterocycles. The summed E-state index contributed by atoms with van der Waals surface area (Å²) in [5.41, 5.74) is 3.55. The fourth-order valence-corrected chi connectivity index (χ4v) is 3.54. The van der Waals surface area contributed by atoms with Crippen molar-refractivity contribution in [2.45, 2.75) is 32.9 Å². The van der Waals surface area contributed by atoms with Gasteiger partial charge in [0, 0.05) is 56.0 Å². The average molecular weight is 308 g/mol. The molecule has 0 aromatic carbocycles. The highest BCUT2D eigenvalue weighted by molar-refractivity contribution is 5.22. The molecule has 1 aromatic rings. The number of nitrogens with one attached hydrogen (secondary N) is 2. The van der Waals surface area contributed by atoms with Crippen LogP contribution in [0.3, 0.4) is 0 Å². The highest BCUT2D eigenvalue weighted by Gasteiger charge is 2.31. The summed E-state index contributed by atoms with van der Waals surface area (Å²) in [6.45, 7) is 11.6. The molecule has 6 heteroatoms. The Morgan fingerprint density at radius 3 is 2.73 bits per heavy atom. The van der Waals surface area contributed by atoms with E-state index in [1.807, 2.05) is 0 Å². The van der Waals surface area contributed by atoms with Crippen LogP contribution in [0.15, 0.2) is 0 Å². The lowest BCUT2D eigenvalue weighted by molar-refractivity contribution is 0.00137. The van der Waals surface area contributed by atoms with E-state index in [1.54, 1.807) is 0 Å². The molecule has 22 heavy (non-hydrogen) atoms. The average Bonchev–Trinajstić information content (AvgIpc) is 3.17. The lowest BCUT2D eigenvalue weighted by atomic mass is 9.96. The first-order valence-corrected chi connectivity index (χ1v) is 8.36. The van der Waals surface area contributed by atoms with Crippen molar-refractivity contribution < 1.29 is 9.47 Å². The predicted molar refractivity (Wildman–Crippen MR) is 84.9 cm³/mol. The fourth-order valence-electron chi connectivity index (χ4n) is 3.54. The number of aromatic nitrogens is 2. The Kier molecular flexibility index (Phi) is 5.46. The maximum Gasteiger partial charge on any atom is 0.0638 e. The Labute approximate surface area is 132 Å². The maximum atomic E-state index is 5.62. The van der Waals surface area contributed by atoms with Gasteiger partial charge in [0.1, 0.15) is 0 Å². The number of ether oxygens (including phenoxy) is 2. The van der Waals surface area contributed by atoms with Crippen LogP contribution < -0.4 is 5.32 Å². The number of hydrogen-bond acceptors (Lipinski definition) is 5. The van der Waals surface area contributed by atoms with Gasteiger partial charge >= 0.3 is 0 Å². The van der Waals surface area contributed by atoms with Crippen LogP contribution in [-0.2, 0) is 16.0 Å². The van der Waals surface area contributed by atoms with Crippen molar-refractivity contribution in [3.8, 4) is 0 Å². The third-order valence-electron chi connectivity index (χ3n) is 4.96. The van der Waals surface area contributed by atoms with E-state index in [9.17, 15) is 0 Å². The van der Waals surface area contributed by atoms with Gasteiger partial charge in [-0.05, 0) is 20.3 Å². The molecular weight excluding hydrogens is 280 g/mol. The summed E-state index contributed by atoms with van der Waals surface area (Å²) in [6, 6.07) is 0.541. The minimum Gasteiger partial charge on any atom is -0.381 e. The Morgan fingerprint density at radius 1 is 1.27 bits per heavy atom. The number of H-pyrrole nitrogens is 1. The molecule has 0 radical (unpaired) electrons. The van der Waals surface area contributed by atoms with E-state index in [1.165, 1.54) is 12.0 Å². The van der Waals surface area contributed by atoms with Crippen LogP contribution >= 0.6 is 0 Å². The summed E-state index contributed by atoms with van der Waals surface area (Å²) < 4.78 is 11.1. The third kappa shape index (κ3) is 3.68. The van der Waals surface area contributed by atoms with E-state index in [4.69, 9.17) is 9.47 Å². The van der Waals surface area contributed by atoms with Crippen LogP contribution in [0.4, 0.5) is 0 Å². The summed E-state index contributed by atoms with van der Waals surface area (Å²) >= 11 is 0. The van der Waals surface area contributed by atoms with Gasteiger partial charge in [0.25, 0.3) is 0 Å². The summed E-state index contributed by atoms with van der Waals surface area (Å²) in [6.07, 6.45) is 1.17. The molecule has 0 saturated carbocycles. The van der Waals surface area contributed by atoms with Gasteiger partial charge in [0.15, 0.2) is 0 Å². The molecule has 0 unspecified atom stereocenters. The lowest BCUT2D eigenvalue weighted by Crippen LogP contribution is -2.51. The molecule has 0 amide bonds. The van der Waals surface area contributed by atoms with Gasteiger partial charge < -0.3 is 14.8 Å². The molecule has 3 rings (SSSR count). The number of morpholine rings is 1. The minimum atomic E-state index is 0.541. The number of nitrogens with zero attached hydrogens (tertiary/aromatic N) is 2. The first-order chi connectivity index (χ1) is 10.8. The van der Waals surface area contributed by atoms with Crippen LogP contribution in [0.2, 0.25) is 0 Å². The summed E-state index contributed by atoms with van der Waals surface area (Å²) in [5.74, 6) is 0.636. The largest absolute Gasteiger partial charge is 0.381 e. The summed E-state index contributed by atoms with van der Waals surface area (Å²) in [7, 11) is 0. The van der Waals surface area contributed by atoms with E-state index >= 15 is 0 Å². The normalized spacial score (nSPS) is 24.7. The molecule has 0 bridgehead atoms. The van der Waals surface area contributed by atoms with Crippen molar-refractivity contribution in [1.82, 2.24) is 20.4 Å². The van der Waals surface area contributed by atoms with Crippen molar-refractivity contribution in [1.29, 1.82) is 0 Å². The quantitative estimate of drug-likeness (QED) is 0.816. The second kappa shape index (κ2) is 7.55. The first-order valence-electron chi connectivity index (χ1n) is 8.36. The highest BCUT2D eigenvalue weighted by atomic mass is 16.5. The Morgan fingerprint density at radius 2 is 2.09 bits per heavy atom. The molecule has 124 valence electrons. The van der Waals surface area contributed by atoms with Crippen molar-refractivity contribution in [3.05, 3.63) is 17.0 Å². The van der Waals surface area contributed by atoms with Gasteiger partial charge in [-0.25, -0.2) is 0 Å². The Balaban J connectivity index is 1.57. The van der Waals surface area contributed by atoms with Gasteiger partial charge in [-0.2, -0.15) is 5.10 Å². The maximum absolute atomic E-state index is 5.62. The molecule has 6 nitrogen and oxygen atoms in total. The van der Waals surface area contributed by atoms with Crippen molar-refractivity contribution in [2.24, 2.45) is 5.92 Å². The number of aromatic amines is 1. The molecule has 3 heterocycles. The SMILES string of the molecule is Cc1n[nH]c(C)c1CNC[C@@H]([C@H]1CCOC1)N1CCOCC1. The van der Waals surface area contributed by atoms with Crippen LogP contribution in [-0.4, -0.2) is 67.2 Å². The van der Waals surface area contributed by atoms with Gasteiger partial charge in [0.05, 0.1) is 25.5 Å². The van der Waals surface area contributed by atoms with E-state index in [2.05, 4.69) is 34.3 Å². The Hall–Kier alpha value is -0.950.